The van der Waals surface area contributed by atoms with Crippen LogP contribution in [0.4, 0.5) is 4.39 Å². The Kier molecular flexibility index (Phi) is 5.73. The molecule has 3 N–H and O–H groups in total. The van der Waals surface area contributed by atoms with E-state index in [2.05, 4.69) is 5.32 Å². The van der Waals surface area contributed by atoms with Crippen molar-refractivity contribution in [2.24, 2.45) is 5.73 Å². The fourth-order valence-corrected chi connectivity index (χ4v) is 2.64. The molecule has 128 valence electrons. The van der Waals surface area contributed by atoms with E-state index in [1.165, 1.54) is 12.1 Å². The monoisotopic (exact) mass is 328 g/mol. The largest absolute Gasteiger partial charge is 0.354 e. The molecule has 0 aliphatic rings. The van der Waals surface area contributed by atoms with E-state index in [1.54, 1.807) is 6.07 Å². The van der Waals surface area contributed by atoms with Gasteiger partial charge in [0.15, 0.2) is 0 Å². The Labute approximate surface area is 143 Å². The number of nitrogens with two attached hydrogens (primary N) is 1. The lowest BCUT2D eigenvalue weighted by Crippen LogP contribution is -2.46. The predicted octanol–water partition coefficient (Wildman–Crippen LogP) is 3.10. The molecule has 0 aliphatic carbocycles. The molecule has 0 aliphatic heterocycles. The molecule has 0 saturated heterocycles. The third-order valence-electron chi connectivity index (χ3n) is 4.19. The average Bonchev–Trinajstić information content (AvgIpc) is 2.52. The van der Waals surface area contributed by atoms with Crippen molar-refractivity contribution in [2.45, 2.75) is 38.6 Å². The van der Waals surface area contributed by atoms with E-state index in [1.807, 2.05) is 51.1 Å². The second-order valence-corrected chi connectivity index (χ2v) is 6.91. The van der Waals surface area contributed by atoms with Gasteiger partial charge in [-0.25, -0.2) is 4.39 Å². The quantitative estimate of drug-likeness (QED) is 0.856. The Morgan fingerprint density at radius 1 is 1.21 bits per heavy atom. The highest BCUT2D eigenvalue weighted by Crippen LogP contribution is 2.22. The molecular weight excluding hydrogens is 303 g/mol. The number of halogens is 1. The van der Waals surface area contributed by atoms with Crippen LogP contribution in [0.5, 0.6) is 0 Å². The van der Waals surface area contributed by atoms with Crippen LogP contribution in [-0.4, -0.2) is 18.5 Å². The van der Waals surface area contributed by atoms with Crippen molar-refractivity contribution in [1.82, 2.24) is 5.32 Å². The number of carbonyl (C=O) groups excluding carboxylic acids is 1. The van der Waals surface area contributed by atoms with Crippen molar-refractivity contribution in [3.05, 3.63) is 71.0 Å². The number of amides is 1. The topological polar surface area (TPSA) is 55.1 Å². The van der Waals surface area contributed by atoms with Crippen LogP contribution in [0.2, 0.25) is 0 Å². The molecule has 0 spiro atoms. The van der Waals surface area contributed by atoms with Gasteiger partial charge in [0.2, 0.25) is 5.91 Å². The van der Waals surface area contributed by atoms with Crippen LogP contribution in [0.15, 0.2) is 48.5 Å². The van der Waals surface area contributed by atoms with Crippen molar-refractivity contribution in [1.29, 1.82) is 0 Å². The summed E-state index contributed by atoms with van der Waals surface area (Å²) in [7, 11) is 0. The summed E-state index contributed by atoms with van der Waals surface area (Å²) >= 11 is 0. The number of nitrogens with one attached hydrogen (secondary N) is 1. The van der Waals surface area contributed by atoms with Crippen molar-refractivity contribution in [3.63, 3.8) is 0 Å². The first-order valence-electron chi connectivity index (χ1n) is 8.13. The van der Waals surface area contributed by atoms with Crippen LogP contribution in [0.25, 0.3) is 0 Å². The highest BCUT2D eigenvalue weighted by molar-refractivity contribution is 5.81. The Balaban J connectivity index is 1.94. The molecule has 2 aromatic carbocycles. The van der Waals surface area contributed by atoms with Gasteiger partial charge in [0.05, 0.1) is 6.04 Å². The first-order valence-corrected chi connectivity index (χ1v) is 8.13. The summed E-state index contributed by atoms with van der Waals surface area (Å²) in [5.41, 5.74) is 8.68. The van der Waals surface area contributed by atoms with E-state index in [9.17, 15) is 9.18 Å². The van der Waals surface area contributed by atoms with Gasteiger partial charge in [-0.1, -0.05) is 55.8 Å². The second-order valence-electron chi connectivity index (χ2n) is 6.91. The first kappa shape index (κ1) is 18.1. The van der Waals surface area contributed by atoms with Crippen LogP contribution in [0, 0.1) is 12.7 Å². The summed E-state index contributed by atoms with van der Waals surface area (Å²) < 4.78 is 13.4. The zero-order valence-corrected chi connectivity index (χ0v) is 14.5. The lowest BCUT2D eigenvalue weighted by molar-refractivity contribution is -0.122. The molecule has 24 heavy (non-hydrogen) atoms. The van der Waals surface area contributed by atoms with E-state index in [0.717, 1.165) is 16.7 Å². The normalized spacial score (nSPS) is 12.7. The molecular formula is C20H25FN2O. The molecule has 1 atom stereocenters. The van der Waals surface area contributed by atoms with E-state index in [0.29, 0.717) is 13.0 Å². The molecule has 3 nitrogen and oxygen atoms in total. The maximum atomic E-state index is 13.4. The third kappa shape index (κ3) is 4.90. The van der Waals surface area contributed by atoms with Gasteiger partial charge in [-0.3, -0.25) is 4.79 Å². The molecule has 1 unspecified atom stereocenters. The summed E-state index contributed by atoms with van der Waals surface area (Å²) in [6, 6.07) is 13.8. The number of rotatable bonds is 6. The summed E-state index contributed by atoms with van der Waals surface area (Å²) in [5.74, 6) is -0.468. The van der Waals surface area contributed by atoms with Gasteiger partial charge in [0, 0.05) is 12.0 Å². The van der Waals surface area contributed by atoms with Crippen LogP contribution >= 0.6 is 0 Å². The van der Waals surface area contributed by atoms with Gasteiger partial charge in [-0.2, -0.15) is 0 Å². The van der Waals surface area contributed by atoms with Crippen LogP contribution in [0.3, 0.4) is 0 Å². The molecule has 0 bridgehead atoms. The van der Waals surface area contributed by atoms with Crippen LogP contribution in [0.1, 0.15) is 30.5 Å². The van der Waals surface area contributed by atoms with E-state index >= 15 is 0 Å². The maximum Gasteiger partial charge on any atom is 0.237 e. The molecule has 4 heteroatoms. The maximum absolute atomic E-state index is 13.4. The Morgan fingerprint density at radius 2 is 1.92 bits per heavy atom. The molecule has 0 aromatic heterocycles. The zero-order valence-electron chi connectivity index (χ0n) is 14.5. The lowest BCUT2D eigenvalue weighted by Gasteiger charge is -2.26. The van der Waals surface area contributed by atoms with Gasteiger partial charge < -0.3 is 11.1 Å². The molecule has 0 saturated carbocycles. The van der Waals surface area contributed by atoms with E-state index in [-0.39, 0.29) is 17.1 Å². The van der Waals surface area contributed by atoms with Gasteiger partial charge in [0.1, 0.15) is 5.82 Å². The van der Waals surface area contributed by atoms with E-state index in [4.69, 9.17) is 5.73 Å². The highest BCUT2D eigenvalue weighted by Gasteiger charge is 2.23. The molecule has 2 rings (SSSR count). The lowest BCUT2D eigenvalue weighted by atomic mass is 9.84. The Morgan fingerprint density at radius 3 is 2.58 bits per heavy atom. The van der Waals surface area contributed by atoms with Gasteiger partial charge in [-0.05, 0) is 36.6 Å². The molecule has 0 heterocycles. The van der Waals surface area contributed by atoms with Crippen molar-refractivity contribution in [2.75, 3.05) is 6.54 Å². The Hall–Kier alpha value is -2.20. The number of carbonyl (C=O) groups is 1. The highest BCUT2D eigenvalue weighted by atomic mass is 19.1. The zero-order chi connectivity index (χ0) is 17.7. The summed E-state index contributed by atoms with van der Waals surface area (Å²) in [6.07, 6.45) is 0.494. The summed E-state index contributed by atoms with van der Waals surface area (Å²) in [4.78, 5) is 12.3. The molecule has 0 radical (unpaired) electrons. The number of hydrogen-bond acceptors (Lipinski definition) is 2. The minimum absolute atomic E-state index is 0.194. The minimum Gasteiger partial charge on any atom is -0.354 e. The fourth-order valence-electron chi connectivity index (χ4n) is 2.64. The fraction of sp³-hybridized carbons (Fsp3) is 0.350. The van der Waals surface area contributed by atoms with Gasteiger partial charge in [0.25, 0.3) is 0 Å². The minimum atomic E-state index is -0.602. The average molecular weight is 328 g/mol. The summed E-state index contributed by atoms with van der Waals surface area (Å²) in [6.45, 7) is 6.34. The molecule has 2 aromatic rings. The summed E-state index contributed by atoms with van der Waals surface area (Å²) in [5, 5.41) is 2.89. The first-order chi connectivity index (χ1) is 11.3. The standard InChI is InChI=1S/C20H25FN2O/c1-14-6-4-7-15(10-14)11-18(22)19(24)23-13-20(2,3)16-8-5-9-17(21)12-16/h4-10,12,18H,11,13,22H2,1-3H3,(H,23,24). The van der Waals surface area contributed by atoms with Gasteiger partial charge in [-0.15, -0.1) is 0 Å². The Bertz CT molecular complexity index is 712. The number of aryl methyl sites for hydroxylation is 1. The SMILES string of the molecule is Cc1cccc(CC(N)C(=O)NCC(C)(C)c2cccc(F)c2)c1. The van der Waals surface area contributed by atoms with Crippen LogP contribution in [-0.2, 0) is 16.6 Å². The number of benzene rings is 2. The van der Waals surface area contributed by atoms with Crippen LogP contribution < -0.4 is 11.1 Å². The van der Waals surface area contributed by atoms with Crippen molar-refractivity contribution < 1.29 is 9.18 Å². The number of hydrogen-bond donors (Lipinski definition) is 2. The van der Waals surface area contributed by atoms with Crippen molar-refractivity contribution in [3.8, 4) is 0 Å². The van der Waals surface area contributed by atoms with E-state index < -0.39 is 6.04 Å². The molecule has 0 fully saturated rings. The second kappa shape index (κ2) is 7.58. The molecule has 1 amide bonds. The predicted molar refractivity (Wildman–Crippen MR) is 95.3 cm³/mol. The smallest absolute Gasteiger partial charge is 0.237 e. The van der Waals surface area contributed by atoms with Gasteiger partial charge >= 0.3 is 0 Å². The van der Waals surface area contributed by atoms with Crippen molar-refractivity contribution >= 4 is 5.91 Å². The third-order valence-corrected chi connectivity index (χ3v) is 4.19.